The van der Waals surface area contributed by atoms with Gasteiger partial charge in [0.05, 0.1) is 16.5 Å². The van der Waals surface area contributed by atoms with Gasteiger partial charge < -0.3 is 4.74 Å². The minimum atomic E-state index is -4.01. The Morgan fingerprint density at radius 3 is 2.52 bits per heavy atom. The van der Waals surface area contributed by atoms with E-state index in [0.717, 1.165) is 18.2 Å². The fourth-order valence-electron chi connectivity index (χ4n) is 1.57. The van der Waals surface area contributed by atoms with E-state index in [1.54, 1.807) is 20.8 Å². The van der Waals surface area contributed by atoms with Gasteiger partial charge in [0, 0.05) is 0 Å². The van der Waals surface area contributed by atoms with Crippen LogP contribution in [0.5, 0.6) is 0 Å². The van der Waals surface area contributed by atoms with Gasteiger partial charge in [0.1, 0.15) is 11.9 Å². The summed E-state index contributed by atoms with van der Waals surface area (Å²) in [5, 5.41) is -0.310. The molecule has 1 aromatic carbocycles. The number of esters is 1. The molecule has 0 aliphatic rings. The number of nitrogens with one attached hydrogen (secondary N) is 1. The second kappa shape index (κ2) is 7.20. The summed E-state index contributed by atoms with van der Waals surface area (Å²) >= 11 is 5.57. The van der Waals surface area contributed by atoms with Crippen molar-refractivity contribution in [3.63, 3.8) is 0 Å². The average Bonchev–Trinajstić information content (AvgIpc) is 2.39. The van der Waals surface area contributed by atoms with Crippen LogP contribution in [0.4, 0.5) is 4.39 Å². The van der Waals surface area contributed by atoms with Crippen molar-refractivity contribution in [2.45, 2.75) is 31.7 Å². The molecule has 1 rings (SSSR count). The third-order valence-corrected chi connectivity index (χ3v) is 4.42. The Morgan fingerprint density at radius 1 is 1.43 bits per heavy atom. The Kier molecular flexibility index (Phi) is 6.12. The molecule has 0 aliphatic carbocycles. The summed E-state index contributed by atoms with van der Waals surface area (Å²) in [6, 6.07) is 1.98. The number of halogens is 2. The average molecular weight is 338 g/mol. The van der Waals surface area contributed by atoms with E-state index in [9.17, 15) is 17.6 Å². The molecule has 0 radical (unpaired) electrons. The van der Waals surface area contributed by atoms with E-state index in [1.807, 2.05) is 0 Å². The molecule has 0 saturated heterocycles. The third kappa shape index (κ3) is 4.66. The largest absolute Gasteiger partial charge is 0.465 e. The van der Waals surface area contributed by atoms with Crippen molar-refractivity contribution in [1.82, 2.24) is 4.72 Å². The highest BCUT2D eigenvalue weighted by molar-refractivity contribution is 7.89. The summed E-state index contributed by atoms with van der Waals surface area (Å²) in [5.74, 6) is -1.69. The lowest BCUT2D eigenvalue weighted by atomic mass is 10.1. The molecule has 0 spiro atoms. The normalized spacial score (nSPS) is 13.2. The highest BCUT2D eigenvalue weighted by Gasteiger charge is 2.29. The quantitative estimate of drug-likeness (QED) is 0.809. The van der Waals surface area contributed by atoms with Gasteiger partial charge in [-0.1, -0.05) is 25.4 Å². The van der Waals surface area contributed by atoms with E-state index in [4.69, 9.17) is 16.3 Å². The Hall–Kier alpha value is -1.18. The molecule has 0 amide bonds. The SMILES string of the molecule is CCOC(=O)C(NS(=O)(=O)c1ccc(F)c(Cl)c1)C(C)C. The molecule has 1 unspecified atom stereocenters. The lowest BCUT2D eigenvalue weighted by Gasteiger charge is -2.20. The van der Waals surface area contributed by atoms with E-state index in [-0.39, 0.29) is 22.4 Å². The van der Waals surface area contributed by atoms with Crippen molar-refractivity contribution in [1.29, 1.82) is 0 Å². The first-order valence-electron chi connectivity index (χ1n) is 6.33. The zero-order valence-corrected chi connectivity index (χ0v) is 13.5. The summed E-state index contributed by atoms with van der Waals surface area (Å²) < 4.78 is 44.6. The van der Waals surface area contributed by atoms with Gasteiger partial charge in [0.2, 0.25) is 10.0 Å². The summed E-state index contributed by atoms with van der Waals surface area (Å²) in [4.78, 5) is 11.6. The van der Waals surface area contributed by atoms with Gasteiger partial charge in [-0.15, -0.1) is 0 Å². The molecular formula is C13H17ClFNO4S. The number of hydrogen-bond donors (Lipinski definition) is 1. The summed E-state index contributed by atoms with van der Waals surface area (Å²) in [7, 11) is -4.01. The van der Waals surface area contributed by atoms with Crippen LogP contribution >= 0.6 is 11.6 Å². The molecule has 0 bridgehead atoms. The zero-order chi connectivity index (χ0) is 16.2. The number of rotatable bonds is 6. The van der Waals surface area contributed by atoms with Crippen molar-refractivity contribution in [2.75, 3.05) is 6.61 Å². The highest BCUT2D eigenvalue weighted by atomic mass is 35.5. The zero-order valence-electron chi connectivity index (χ0n) is 11.9. The Balaban J connectivity index is 3.06. The van der Waals surface area contributed by atoms with Gasteiger partial charge in [-0.05, 0) is 31.0 Å². The first-order valence-corrected chi connectivity index (χ1v) is 8.19. The molecule has 1 atom stereocenters. The van der Waals surface area contributed by atoms with E-state index in [0.29, 0.717) is 0 Å². The van der Waals surface area contributed by atoms with E-state index < -0.39 is 27.9 Å². The maximum absolute atomic E-state index is 13.1. The number of carbonyl (C=O) groups excluding carboxylic acids is 1. The number of hydrogen-bond acceptors (Lipinski definition) is 4. The van der Waals surface area contributed by atoms with Gasteiger partial charge in [-0.3, -0.25) is 4.79 Å². The summed E-state index contributed by atoms with van der Waals surface area (Å²) in [5.41, 5.74) is 0. The van der Waals surface area contributed by atoms with Gasteiger partial charge in [0.25, 0.3) is 0 Å². The van der Waals surface area contributed by atoms with Gasteiger partial charge >= 0.3 is 5.97 Å². The van der Waals surface area contributed by atoms with Crippen LogP contribution in [0, 0.1) is 11.7 Å². The first-order chi connectivity index (χ1) is 9.69. The van der Waals surface area contributed by atoms with E-state index in [2.05, 4.69) is 4.72 Å². The smallest absolute Gasteiger partial charge is 0.324 e. The fourth-order valence-corrected chi connectivity index (χ4v) is 3.17. The van der Waals surface area contributed by atoms with Crippen LogP contribution in [0.25, 0.3) is 0 Å². The maximum atomic E-state index is 13.1. The van der Waals surface area contributed by atoms with Crippen LogP contribution in [-0.2, 0) is 19.6 Å². The van der Waals surface area contributed by atoms with Crippen molar-refractivity contribution in [3.05, 3.63) is 29.0 Å². The van der Waals surface area contributed by atoms with Crippen LogP contribution in [0.1, 0.15) is 20.8 Å². The molecule has 8 heteroatoms. The van der Waals surface area contributed by atoms with Crippen molar-refractivity contribution >= 4 is 27.6 Å². The molecule has 0 fully saturated rings. The lowest BCUT2D eigenvalue weighted by molar-refractivity contribution is -0.146. The standard InChI is InChI=1S/C13H17ClFNO4S/c1-4-20-13(17)12(8(2)3)16-21(18,19)9-5-6-11(15)10(14)7-9/h5-8,12,16H,4H2,1-3H3. The van der Waals surface area contributed by atoms with Gasteiger partial charge in [-0.2, -0.15) is 4.72 Å². The molecule has 0 heterocycles. The predicted molar refractivity (Wildman–Crippen MR) is 77.0 cm³/mol. The monoisotopic (exact) mass is 337 g/mol. The van der Waals surface area contributed by atoms with Crippen molar-refractivity contribution in [2.24, 2.45) is 5.92 Å². The minimum absolute atomic E-state index is 0.145. The predicted octanol–water partition coefficient (Wildman–Crippen LogP) is 2.35. The minimum Gasteiger partial charge on any atom is -0.465 e. The summed E-state index contributed by atoms with van der Waals surface area (Å²) in [6.07, 6.45) is 0. The molecule has 0 saturated carbocycles. The highest BCUT2D eigenvalue weighted by Crippen LogP contribution is 2.20. The molecule has 118 valence electrons. The molecule has 1 N–H and O–H groups in total. The Labute approximate surface area is 128 Å². The van der Waals surface area contributed by atoms with Gasteiger partial charge in [0.15, 0.2) is 0 Å². The lowest BCUT2D eigenvalue weighted by Crippen LogP contribution is -2.45. The Morgan fingerprint density at radius 2 is 2.05 bits per heavy atom. The van der Waals surface area contributed by atoms with Crippen LogP contribution < -0.4 is 4.72 Å². The van der Waals surface area contributed by atoms with E-state index in [1.165, 1.54) is 0 Å². The Bertz CT molecular complexity index is 619. The second-order valence-electron chi connectivity index (χ2n) is 4.67. The fraction of sp³-hybridized carbons (Fsp3) is 0.462. The van der Waals surface area contributed by atoms with Crippen molar-refractivity contribution < 1.29 is 22.3 Å². The molecule has 0 aliphatic heterocycles. The van der Waals surface area contributed by atoms with Crippen LogP contribution in [0.3, 0.4) is 0 Å². The molecule has 5 nitrogen and oxygen atoms in total. The third-order valence-electron chi connectivity index (χ3n) is 2.69. The molecule has 0 aromatic heterocycles. The number of carbonyl (C=O) groups is 1. The molecular weight excluding hydrogens is 321 g/mol. The van der Waals surface area contributed by atoms with Crippen LogP contribution in [0.15, 0.2) is 23.1 Å². The maximum Gasteiger partial charge on any atom is 0.324 e. The first kappa shape index (κ1) is 17.9. The number of sulfonamides is 1. The molecule has 1 aromatic rings. The van der Waals surface area contributed by atoms with E-state index >= 15 is 0 Å². The van der Waals surface area contributed by atoms with Gasteiger partial charge in [-0.25, -0.2) is 12.8 Å². The number of ether oxygens (including phenoxy) is 1. The molecule has 21 heavy (non-hydrogen) atoms. The van der Waals surface area contributed by atoms with Crippen LogP contribution in [0.2, 0.25) is 5.02 Å². The van der Waals surface area contributed by atoms with Crippen LogP contribution in [-0.4, -0.2) is 27.0 Å². The topological polar surface area (TPSA) is 72.5 Å². The second-order valence-corrected chi connectivity index (χ2v) is 6.79. The summed E-state index contributed by atoms with van der Waals surface area (Å²) in [6.45, 7) is 5.14. The van der Waals surface area contributed by atoms with Crippen molar-refractivity contribution in [3.8, 4) is 0 Å². The number of benzene rings is 1.